The normalized spacial score (nSPS) is 19.6. The van der Waals surface area contributed by atoms with Crippen LogP contribution in [0.2, 0.25) is 0 Å². The van der Waals surface area contributed by atoms with E-state index in [9.17, 15) is 24.0 Å². The van der Waals surface area contributed by atoms with E-state index in [-0.39, 0.29) is 30.9 Å². The number of carboxylic acids is 1. The van der Waals surface area contributed by atoms with Crippen molar-refractivity contribution in [2.45, 2.75) is 44.8 Å². The molecular weight excluding hydrogens is 354 g/mol. The second-order valence-corrected chi connectivity index (χ2v) is 7.16. The molecule has 1 saturated heterocycles. The number of imide groups is 1. The number of hydrogen-bond donors (Lipinski definition) is 3. The number of fused-ring (bicyclic) bond motifs is 1. The zero-order valence-electron chi connectivity index (χ0n) is 14.9. The van der Waals surface area contributed by atoms with Crippen LogP contribution < -0.4 is 10.6 Å². The standard InChI is InChI=1S/C18H19N3O6/c1-18(2,17(26)27)20-14(23)9-3-4-10-8-21(16(25)11(10)7-9)12-5-6-13(22)19-15(12)24/h3-4,7,12H,5-6,8H2,1-2H3,(H,20,23)(H,26,27)(H,19,22,24). The summed E-state index contributed by atoms with van der Waals surface area (Å²) >= 11 is 0. The zero-order valence-corrected chi connectivity index (χ0v) is 14.9. The SMILES string of the molecule is CC(C)(NC(=O)c1ccc2c(c1)C(=O)N(C1CCC(=O)NC1=O)C2)C(=O)O. The molecule has 1 unspecified atom stereocenters. The van der Waals surface area contributed by atoms with Crippen LogP contribution in [-0.2, 0) is 20.9 Å². The molecule has 2 aliphatic rings. The number of rotatable bonds is 4. The van der Waals surface area contributed by atoms with Crippen molar-refractivity contribution in [3.63, 3.8) is 0 Å². The van der Waals surface area contributed by atoms with Crippen molar-refractivity contribution in [1.82, 2.24) is 15.5 Å². The van der Waals surface area contributed by atoms with Crippen LogP contribution in [0.5, 0.6) is 0 Å². The Balaban J connectivity index is 1.80. The van der Waals surface area contributed by atoms with Crippen LogP contribution in [0.3, 0.4) is 0 Å². The maximum atomic E-state index is 12.7. The van der Waals surface area contributed by atoms with Gasteiger partial charge in [-0.05, 0) is 38.0 Å². The Morgan fingerprint density at radius 3 is 2.59 bits per heavy atom. The van der Waals surface area contributed by atoms with E-state index in [1.165, 1.54) is 30.9 Å². The van der Waals surface area contributed by atoms with Gasteiger partial charge in [0.2, 0.25) is 11.8 Å². The molecule has 1 atom stereocenters. The third-order valence-electron chi connectivity index (χ3n) is 4.75. The maximum absolute atomic E-state index is 12.7. The second-order valence-electron chi connectivity index (χ2n) is 7.16. The highest BCUT2D eigenvalue weighted by atomic mass is 16.4. The minimum Gasteiger partial charge on any atom is -0.480 e. The summed E-state index contributed by atoms with van der Waals surface area (Å²) in [7, 11) is 0. The minimum atomic E-state index is -1.46. The van der Waals surface area contributed by atoms with Gasteiger partial charge in [-0.2, -0.15) is 0 Å². The van der Waals surface area contributed by atoms with E-state index in [1.807, 2.05) is 0 Å². The number of piperidine rings is 1. The van der Waals surface area contributed by atoms with E-state index in [0.29, 0.717) is 11.1 Å². The lowest BCUT2D eigenvalue weighted by atomic mass is 10.0. The first kappa shape index (κ1) is 18.6. The molecule has 1 fully saturated rings. The van der Waals surface area contributed by atoms with Crippen molar-refractivity contribution in [1.29, 1.82) is 0 Å². The van der Waals surface area contributed by atoms with Crippen molar-refractivity contribution in [3.8, 4) is 0 Å². The molecule has 9 heteroatoms. The number of amides is 4. The number of benzene rings is 1. The molecule has 1 aromatic rings. The maximum Gasteiger partial charge on any atom is 0.328 e. The van der Waals surface area contributed by atoms with Gasteiger partial charge in [-0.25, -0.2) is 4.79 Å². The van der Waals surface area contributed by atoms with Crippen molar-refractivity contribution in [2.24, 2.45) is 0 Å². The fourth-order valence-corrected chi connectivity index (χ4v) is 3.11. The fraction of sp³-hybridized carbons (Fsp3) is 0.389. The summed E-state index contributed by atoms with van der Waals surface area (Å²) in [5.74, 6) is -3.06. The summed E-state index contributed by atoms with van der Waals surface area (Å²) in [6.45, 7) is 2.93. The van der Waals surface area contributed by atoms with Crippen LogP contribution in [0.1, 0.15) is 53.0 Å². The highest BCUT2D eigenvalue weighted by Crippen LogP contribution is 2.28. The first-order valence-corrected chi connectivity index (χ1v) is 8.43. The highest BCUT2D eigenvalue weighted by Gasteiger charge is 2.39. The Labute approximate surface area is 154 Å². The molecule has 0 aliphatic carbocycles. The molecule has 2 heterocycles. The average Bonchev–Trinajstić information content (AvgIpc) is 2.90. The van der Waals surface area contributed by atoms with E-state index in [0.717, 1.165) is 0 Å². The van der Waals surface area contributed by atoms with Gasteiger partial charge in [0.1, 0.15) is 11.6 Å². The van der Waals surface area contributed by atoms with Gasteiger partial charge in [0.25, 0.3) is 11.8 Å². The number of carbonyl (C=O) groups excluding carboxylic acids is 4. The lowest BCUT2D eigenvalue weighted by Gasteiger charge is -2.29. The molecule has 0 bridgehead atoms. The molecule has 0 spiro atoms. The summed E-state index contributed by atoms with van der Waals surface area (Å²) in [6, 6.07) is 3.79. The first-order valence-electron chi connectivity index (χ1n) is 8.43. The van der Waals surface area contributed by atoms with Gasteiger partial charge in [-0.3, -0.25) is 24.5 Å². The summed E-state index contributed by atoms with van der Waals surface area (Å²) in [5.41, 5.74) is -0.348. The monoisotopic (exact) mass is 373 g/mol. The van der Waals surface area contributed by atoms with Gasteiger partial charge in [-0.1, -0.05) is 6.07 Å². The molecule has 142 valence electrons. The molecule has 3 N–H and O–H groups in total. The Bertz CT molecular complexity index is 876. The molecular formula is C18H19N3O6. The molecule has 27 heavy (non-hydrogen) atoms. The van der Waals surface area contributed by atoms with Gasteiger partial charge in [0.05, 0.1) is 0 Å². The van der Waals surface area contributed by atoms with E-state index in [4.69, 9.17) is 5.11 Å². The van der Waals surface area contributed by atoms with Crippen LogP contribution in [-0.4, -0.2) is 51.2 Å². The third-order valence-corrected chi connectivity index (χ3v) is 4.75. The topological polar surface area (TPSA) is 133 Å². The van der Waals surface area contributed by atoms with E-state index in [1.54, 1.807) is 6.07 Å². The molecule has 0 saturated carbocycles. The smallest absolute Gasteiger partial charge is 0.328 e. The predicted molar refractivity (Wildman–Crippen MR) is 91.7 cm³/mol. The third kappa shape index (κ3) is 3.40. The molecule has 3 rings (SSSR count). The molecule has 0 aromatic heterocycles. The lowest BCUT2D eigenvalue weighted by molar-refractivity contribution is -0.143. The van der Waals surface area contributed by atoms with Crippen LogP contribution in [0.25, 0.3) is 0 Å². The summed E-state index contributed by atoms with van der Waals surface area (Å²) in [6.07, 6.45) is 0.416. The zero-order chi connectivity index (χ0) is 19.9. The Morgan fingerprint density at radius 1 is 1.26 bits per heavy atom. The van der Waals surface area contributed by atoms with Crippen LogP contribution in [0, 0.1) is 0 Å². The summed E-state index contributed by atoms with van der Waals surface area (Å²) < 4.78 is 0. The number of carbonyl (C=O) groups is 5. The minimum absolute atomic E-state index is 0.154. The fourth-order valence-electron chi connectivity index (χ4n) is 3.11. The van der Waals surface area contributed by atoms with Crippen LogP contribution in [0.15, 0.2) is 18.2 Å². The average molecular weight is 373 g/mol. The van der Waals surface area contributed by atoms with Gasteiger partial charge in [0.15, 0.2) is 0 Å². The number of nitrogens with zero attached hydrogens (tertiary/aromatic N) is 1. The Morgan fingerprint density at radius 2 is 1.96 bits per heavy atom. The van der Waals surface area contributed by atoms with Gasteiger partial charge in [0, 0.05) is 24.1 Å². The Hall–Kier alpha value is -3.23. The van der Waals surface area contributed by atoms with Crippen LogP contribution >= 0.6 is 0 Å². The molecule has 4 amide bonds. The van der Waals surface area contributed by atoms with Gasteiger partial charge >= 0.3 is 5.97 Å². The molecule has 1 aromatic carbocycles. The van der Waals surface area contributed by atoms with Crippen molar-refractivity contribution >= 4 is 29.6 Å². The molecule has 2 aliphatic heterocycles. The highest BCUT2D eigenvalue weighted by molar-refractivity contribution is 6.07. The number of nitrogens with one attached hydrogen (secondary N) is 2. The van der Waals surface area contributed by atoms with E-state index in [2.05, 4.69) is 10.6 Å². The summed E-state index contributed by atoms with van der Waals surface area (Å²) in [5, 5.41) is 13.7. The first-order chi connectivity index (χ1) is 12.6. The van der Waals surface area contributed by atoms with Crippen molar-refractivity contribution in [3.05, 3.63) is 34.9 Å². The predicted octanol–water partition coefficient (Wildman–Crippen LogP) is 0.0406. The van der Waals surface area contributed by atoms with Gasteiger partial charge in [-0.15, -0.1) is 0 Å². The summed E-state index contributed by atoms with van der Waals surface area (Å²) in [4.78, 5) is 60.9. The largest absolute Gasteiger partial charge is 0.480 e. The van der Waals surface area contributed by atoms with E-state index >= 15 is 0 Å². The Kier molecular flexibility index (Phi) is 4.46. The quantitative estimate of drug-likeness (QED) is 0.638. The lowest BCUT2D eigenvalue weighted by Crippen LogP contribution is -2.52. The molecule has 9 nitrogen and oxygen atoms in total. The van der Waals surface area contributed by atoms with Crippen molar-refractivity contribution in [2.75, 3.05) is 0 Å². The van der Waals surface area contributed by atoms with Crippen LogP contribution in [0.4, 0.5) is 0 Å². The number of carboxylic acid groups (broad SMARTS) is 1. The number of aliphatic carboxylic acids is 1. The van der Waals surface area contributed by atoms with Gasteiger partial charge < -0.3 is 15.3 Å². The van der Waals surface area contributed by atoms with E-state index < -0.39 is 35.3 Å². The number of hydrogen-bond acceptors (Lipinski definition) is 5. The van der Waals surface area contributed by atoms with Crippen molar-refractivity contribution < 1.29 is 29.1 Å². The second kappa shape index (κ2) is 6.49. The molecule has 0 radical (unpaired) electrons.